The van der Waals surface area contributed by atoms with Crippen molar-refractivity contribution in [2.75, 3.05) is 0 Å². The highest BCUT2D eigenvalue weighted by Crippen LogP contribution is 2.33. The summed E-state index contributed by atoms with van der Waals surface area (Å²) < 4.78 is 5.52. The first-order valence-electron chi connectivity index (χ1n) is 9.94. The number of ether oxygens (including phenoxy) is 1. The van der Waals surface area contributed by atoms with E-state index in [0.717, 1.165) is 37.2 Å². The molecular formula is C23H29NO2. The lowest BCUT2D eigenvalue weighted by atomic mass is 9.80. The molecule has 0 radical (unpaired) electrons. The third-order valence-electron chi connectivity index (χ3n) is 5.23. The van der Waals surface area contributed by atoms with Gasteiger partial charge in [0.2, 0.25) is 0 Å². The van der Waals surface area contributed by atoms with E-state index in [-0.39, 0.29) is 11.9 Å². The van der Waals surface area contributed by atoms with Gasteiger partial charge in [-0.2, -0.15) is 5.26 Å². The van der Waals surface area contributed by atoms with Gasteiger partial charge in [-0.05, 0) is 55.9 Å². The molecule has 0 spiro atoms. The Morgan fingerprint density at radius 2 is 1.77 bits per heavy atom. The van der Waals surface area contributed by atoms with Gasteiger partial charge in [0.1, 0.15) is 5.75 Å². The van der Waals surface area contributed by atoms with E-state index in [1.807, 2.05) is 0 Å². The molecule has 0 aromatic heterocycles. The number of esters is 1. The van der Waals surface area contributed by atoms with Crippen LogP contribution in [0.2, 0.25) is 0 Å². The van der Waals surface area contributed by atoms with Crippen molar-refractivity contribution in [3.05, 3.63) is 29.8 Å². The number of carbonyl (C=O) groups is 1. The van der Waals surface area contributed by atoms with Gasteiger partial charge in [-0.15, -0.1) is 0 Å². The molecule has 0 N–H and O–H groups in total. The van der Waals surface area contributed by atoms with E-state index in [0.29, 0.717) is 5.75 Å². The van der Waals surface area contributed by atoms with E-state index in [1.165, 1.54) is 38.5 Å². The van der Waals surface area contributed by atoms with E-state index in [2.05, 4.69) is 18.8 Å². The van der Waals surface area contributed by atoms with Gasteiger partial charge >= 0.3 is 5.97 Å². The van der Waals surface area contributed by atoms with Crippen molar-refractivity contribution in [3.63, 3.8) is 0 Å². The fraction of sp³-hybridized carbons (Fsp3) is 0.565. The maximum absolute atomic E-state index is 12.4. The number of nitriles is 1. The summed E-state index contributed by atoms with van der Waals surface area (Å²) in [6.45, 7) is 2.25. The summed E-state index contributed by atoms with van der Waals surface area (Å²) in [5, 5.41) is 8.45. The van der Waals surface area contributed by atoms with E-state index >= 15 is 0 Å². The smallest absolute Gasteiger partial charge is 0.314 e. The van der Waals surface area contributed by atoms with Gasteiger partial charge in [-0.3, -0.25) is 4.79 Å². The van der Waals surface area contributed by atoms with Crippen LogP contribution in [0.1, 0.15) is 76.7 Å². The van der Waals surface area contributed by atoms with Crippen LogP contribution in [0.4, 0.5) is 0 Å². The Hall–Kier alpha value is -2.26. The Morgan fingerprint density at radius 3 is 2.42 bits per heavy atom. The van der Waals surface area contributed by atoms with Crippen molar-refractivity contribution in [2.45, 2.75) is 71.1 Å². The quantitative estimate of drug-likeness (QED) is 0.264. The number of hydrogen-bond acceptors (Lipinski definition) is 3. The van der Waals surface area contributed by atoms with Gasteiger partial charge in [-0.25, -0.2) is 0 Å². The van der Waals surface area contributed by atoms with Gasteiger partial charge in [0.25, 0.3) is 0 Å². The first-order valence-corrected chi connectivity index (χ1v) is 9.94. The van der Waals surface area contributed by atoms with Crippen LogP contribution < -0.4 is 4.74 Å². The summed E-state index contributed by atoms with van der Waals surface area (Å²) in [6.07, 6.45) is 12.2. The molecule has 3 nitrogen and oxygen atoms in total. The van der Waals surface area contributed by atoms with Gasteiger partial charge in [0.05, 0.1) is 5.92 Å². The van der Waals surface area contributed by atoms with Gasteiger partial charge in [0, 0.05) is 11.5 Å². The van der Waals surface area contributed by atoms with E-state index in [4.69, 9.17) is 10.00 Å². The molecule has 3 heteroatoms. The maximum atomic E-state index is 12.4. The van der Waals surface area contributed by atoms with Crippen LogP contribution in [0.3, 0.4) is 0 Å². The average Bonchev–Trinajstić information content (AvgIpc) is 2.68. The van der Waals surface area contributed by atoms with Crippen LogP contribution in [-0.4, -0.2) is 5.97 Å². The summed E-state index contributed by atoms with van der Waals surface area (Å²) in [6, 6.07) is 8.79. The van der Waals surface area contributed by atoms with Gasteiger partial charge in [0.15, 0.2) is 6.07 Å². The minimum absolute atomic E-state index is 0.0319. The molecule has 1 fully saturated rings. The van der Waals surface area contributed by atoms with Crippen molar-refractivity contribution in [1.82, 2.24) is 0 Å². The lowest BCUT2D eigenvalue weighted by Gasteiger charge is -2.27. The number of hydrogen-bond donors (Lipinski definition) is 0. The predicted molar refractivity (Wildman–Crippen MR) is 103 cm³/mol. The van der Waals surface area contributed by atoms with Crippen LogP contribution >= 0.6 is 0 Å². The molecule has 0 heterocycles. The monoisotopic (exact) mass is 351 g/mol. The lowest BCUT2D eigenvalue weighted by molar-refractivity contribution is -0.140. The SMILES string of the molecule is CCCCCCCC1CCC(C(=O)Oc2ccc(C#CC#N)cc2)CC1. The highest BCUT2D eigenvalue weighted by Gasteiger charge is 2.27. The van der Waals surface area contributed by atoms with E-state index < -0.39 is 0 Å². The summed E-state index contributed by atoms with van der Waals surface area (Å²) >= 11 is 0. The molecule has 0 unspecified atom stereocenters. The molecule has 138 valence electrons. The molecule has 2 rings (SSSR count). The fourth-order valence-electron chi connectivity index (χ4n) is 3.63. The van der Waals surface area contributed by atoms with E-state index in [1.54, 1.807) is 30.3 Å². The fourth-order valence-corrected chi connectivity index (χ4v) is 3.63. The second kappa shape index (κ2) is 11.4. The molecule has 1 aromatic rings. The normalized spacial score (nSPS) is 19.1. The Kier molecular flexibility index (Phi) is 8.77. The number of benzene rings is 1. The molecule has 0 saturated heterocycles. The predicted octanol–water partition coefficient (Wildman–Crippen LogP) is 5.63. The summed E-state index contributed by atoms with van der Waals surface area (Å²) in [5.41, 5.74) is 0.741. The number of carbonyl (C=O) groups excluding carboxylic acids is 1. The van der Waals surface area contributed by atoms with Crippen molar-refractivity contribution < 1.29 is 9.53 Å². The number of nitrogens with zero attached hydrogens (tertiary/aromatic N) is 1. The van der Waals surface area contributed by atoms with E-state index in [9.17, 15) is 4.79 Å². The number of unbranched alkanes of at least 4 members (excludes halogenated alkanes) is 4. The Balaban J connectivity index is 1.70. The van der Waals surface area contributed by atoms with Crippen LogP contribution in [0.25, 0.3) is 0 Å². The average molecular weight is 351 g/mol. The standard InChI is InChI=1S/C23H29NO2/c1-2-3-4-5-6-8-19-10-14-21(15-11-19)23(25)26-22-16-12-20(13-17-22)9-7-18-24/h12-13,16-17,19,21H,2-6,8,10-11,14-15H2,1H3. The molecule has 1 aliphatic carbocycles. The molecule has 0 aliphatic heterocycles. The third-order valence-corrected chi connectivity index (χ3v) is 5.23. The topological polar surface area (TPSA) is 50.1 Å². The highest BCUT2D eigenvalue weighted by molar-refractivity contribution is 5.75. The molecule has 1 aliphatic rings. The molecule has 1 aromatic carbocycles. The van der Waals surface area contributed by atoms with Crippen LogP contribution in [0.5, 0.6) is 5.75 Å². The summed E-state index contributed by atoms with van der Waals surface area (Å²) in [5.74, 6) is 6.34. The molecule has 0 amide bonds. The van der Waals surface area contributed by atoms with Crippen molar-refractivity contribution in [3.8, 4) is 23.7 Å². The Labute approximate surface area is 157 Å². The first kappa shape index (κ1) is 20.1. The largest absolute Gasteiger partial charge is 0.426 e. The second-order valence-corrected chi connectivity index (χ2v) is 7.23. The zero-order chi connectivity index (χ0) is 18.6. The Bertz CT molecular complexity index is 652. The molecular weight excluding hydrogens is 322 g/mol. The lowest BCUT2D eigenvalue weighted by Crippen LogP contribution is -2.25. The minimum atomic E-state index is -0.109. The molecule has 1 saturated carbocycles. The highest BCUT2D eigenvalue weighted by atomic mass is 16.5. The third kappa shape index (κ3) is 6.93. The Morgan fingerprint density at radius 1 is 1.08 bits per heavy atom. The van der Waals surface area contributed by atoms with Crippen LogP contribution in [0, 0.1) is 35.0 Å². The van der Waals surface area contributed by atoms with Gasteiger partial charge in [-0.1, -0.05) is 51.4 Å². The van der Waals surface area contributed by atoms with Crippen molar-refractivity contribution in [1.29, 1.82) is 5.26 Å². The number of rotatable bonds is 8. The molecule has 26 heavy (non-hydrogen) atoms. The zero-order valence-corrected chi connectivity index (χ0v) is 15.8. The van der Waals surface area contributed by atoms with Gasteiger partial charge < -0.3 is 4.74 Å². The minimum Gasteiger partial charge on any atom is -0.426 e. The van der Waals surface area contributed by atoms with Crippen LogP contribution in [0.15, 0.2) is 24.3 Å². The van der Waals surface area contributed by atoms with Crippen molar-refractivity contribution in [2.24, 2.45) is 11.8 Å². The molecule has 0 bridgehead atoms. The summed E-state index contributed by atoms with van der Waals surface area (Å²) in [7, 11) is 0. The summed E-state index contributed by atoms with van der Waals surface area (Å²) in [4.78, 5) is 12.4. The molecule has 0 atom stereocenters. The van der Waals surface area contributed by atoms with Crippen LogP contribution in [-0.2, 0) is 4.79 Å². The first-order chi connectivity index (χ1) is 12.7. The zero-order valence-electron chi connectivity index (χ0n) is 15.8. The van der Waals surface area contributed by atoms with Crippen molar-refractivity contribution >= 4 is 5.97 Å². The second-order valence-electron chi connectivity index (χ2n) is 7.23. The maximum Gasteiger partial charge on any atom is 0.314 e.